The molecule has 2 N–H and O–H groups in total. The Morgan fingerprint density at radius 2 is 2.14 bits per heavy atom. The van der Waals surface area contributed by atoms with Crippen LogP contribution >= 0.6 is 11.3 Å². The van der Waals surface area contributed by atoms with Crippen LogP contribution < -0.4 is 10.6 Å². The van der Waals surface area contributed by atoms with Crippen LogP contribution in [0.25, 0.3) is 0 Å². The van der Waals surface area contributed by atoms with Crippen molar-refractivity contribution in [2.24, 2.45) is 0 Å². The van der Waals surface area contributed by atoms with Gasteiger partial charge in [0.15, 0.2) is 0 Å². The third kappa shape index (κ3) is 5.28. The Morgan fingerprint density at radius 1 is 1.43 bits per heavy atom. The maximum absolute atomic E-state index is 11.8. The number of nitrogens with zero attached hydrogens (tertiary/aromatic N) is 1. The summed E-state index contributed by atoms with van der Waals surface area (Å²) in [6.45, 7) is 7.04. The molecule has 1 fully saturated rings. The van der Waals surface area contributed by atoms with Gasteiger partial charge in [-0.05, 0) is 33.6 Å². The number of carbonyl (C=O) groups excluding carboxylic acids is 1. The fraction of sp³-hybridized carbons (Fsp3) is 0.733. The van der Waals surface area contributed by atoms with Crippen molar-refractivity contribution in [2.75, 3.05) is 6.54 Å². The molecule has 1 amide bonds. The molecule has 5 nitrogen and oxygen atoms in total. The molecule has 118 valence electrons. The van der Waals surface area contributed by atoms with Crippen LogP contribution in [0, 0.1) is 0 Å². The molecular formula is C15H25N3O2S. The monoisotopic (exact) mass is 311 g/mol. The van der Waals surface area contributed by atoms with Gasteiger partial charge in [-0.25, -0.2) is 4.79 Å². The molecule has 1 saturated carbocycles. The van der Waals surface area contributed by atoms with Crippen LogP contribution in [-0.4, -0.2) is 28.8 Å². The summed E-state index contributed by atoms with van der Waals surface area (Å²) in [5, 5.41) is 6.53. The van der Waals surface area contributed by atoms with Crippen molar-refractivity contribution in [3.8, 4) is 0 Å². The molecule has 1 aromatic heterocycles. The van der Waals surface area contributed by atoms with Crippen molar-refractivity contribution in [1.29, 1.82) is 0 Å². The lowest BCUT2D eigenvalue weighted by molar-refractivity contribution is 0.0509. The van der Waals surface area contributed by atoms with E-state index in [9.17, 15) is 4.79 Å². The smallest absolute Gasteiger partial charge is 0.407 e. The highest BCUT2D eigenvalue weighted by Crippen LogP contribution is 2.29. The third-order valence-electron chi connectivity index (χ3n) is 3.65. The second-order valence-corrected chi connectivity index (χ2v) is 7.64. The van der Waals surface area contributed by atoms with Crippen molar-refractivity contribution in [3.63, 3.8) is 0 Å². The summed E-state index contributed by atoms with van der Waals surface area (Å²) in [4.78, 5) is 17.1. The maximum Gasteiger partial charge on any atom is 0.407 e. The molecule has 6 heteroatoms. The lowest BCUT2D eigenvalue weighted by Gasteiger charge is -2.31. The molecule has 0 spiro atoms. The molecule has 1 heterocycles. The molecule has 0 saturated heterocycles. The van der Waals surface area contributed by atoms with Gasteiger partial charge in [-0.2, -0.15) is 0 Å². The Bertz CT molecular complexity index is 448. The van der Waals surface area contributed by atoms with Crippen LogP contribution in [0.3, 0.4) is 0 Å². The lowest BCUT2D eigenvalue weighted by Crippen LogP contribution is -2.51. The first-order chi connectivity index (χ1) is 9.89. The standard InChI is InChI=1S/C15H25N3O2S/c1-14(2,3)20-13(19)17-10-15(6-4-5-7-15)18-9-12-8-16-11-21-12/h8,11,18H,4-7,9-10H2,1-3H3,(H,17,19). The van der Waals surface area contributed by atoms with Crippen molar-refractivity contribution in [1.82, 2.24) is 15.6 Å². The number of ether oxygens (including phenoxy) is 1. The second kappa shape index (κ2) is 6.75. The Kier molecular flexibility index (Phi) is 5.22. The molecule has 21 heavy (non-hydrogen) atoms. The largest absolute Gasteiger partial charge is 0.444 e. The lowest BCUT2D eigenvalue weighted by atomic mass is 9.97. The fourth-order valence-electron chi connectivity index (χ4n) is 2.63. The zero-order valence-corrected chi connectivity index (χ0v) is 13.9. The van der Waals surface area contributed by atoms with Gasteiger partial charge in [0.05, 0.1) is 5.51 Å². The van der Waals surface area contributed by atoms with E-state index >= 15 is 0 Å². The second-order valence-electron chi connectivity index (χ2n) is 6.66. The van der Waals surface area contributed by atoms with Gasteiger partial charge in [-0.1, -0.05) is 12.8 Å². The number of hydrogen-bond acceptors (Lipinski definition) is 5. The summed E-state index contributed by atoms with van der Waals surface area (Å²) in [5.74, 6) is 0. The minimum absolute atomic E-state index is 0.0130. The van der Waals surface area contributed by atoms with E-state index in [1.807, 2.05) is 32.5 Å². The van der Waals surface area contributed by atoms with Gasteiger partial charge in [-0.15, -0.1) is 11.3 Å². The van der Waals surface area contributed by atoms with Gasteiger partial charge in [0.25, 0.3) is 0 Å². The Morgan fingerprint density at radius 3 is 2.71 bits per heavy atom. The Hall–Kier alpha value is -1.14. The molecule has 1 aliphatic rings. The van der Waals surface area contributed by atoms with Crippen LogP contribution in [0.5, 0.6) is 0 Å². The number of aromatic nitrogens is 1. The van der Waals surface area contributed by atoms with E-state index in [0.29, 0.717) is 6.54 Å². The topological polar surface area (TPSA) is 63.2 Å². The number of nitrogens with one attached hydrogen (secondary N) is 2. The van der Waals surface area contributed by atoms with Gasteiger partial charge in [0, 0.05) is 29.7 Å². The summed E-state index contributed by atoms with van der Waals surface area (Å²) >= 11 is 1.65. The molecule has 0 radical (unpaired) electrons. The Balaban J connectivity index is 1.85. The van der Waals surface area contributed by atoms with Crippen molar-refractivity contribution >= 4 is 17.4 Å². The van der Waals surface area contributed by atoms with Crippen LogP contribution in [0.1, 0.15) is 51.3 Å². The quantitative estimate of drug-likeness (QED) is 0.877. The molecule has 2 rings (SSSR count). The van der Waals surface area contributed by atoms with Gasteiger partial charge < -0.3 is 15.4 Å². The first-order valence-corrected chi connectivity index (χ1v) is 8.36. The number of thiazole rings is 1. The first kappa shape index (κ1) is 16.2. The van der Waals surface area contributed by atoms with Crippen LogP contribution in [0.2, 0.25) is 0 Å². The van der Waals surface area contributed by atoms with Gasteiger partial charge in [0.2, 0.25) is 0 Å². The fourth-order valence-corrected chi connectivity index (χ4v) is 3.16. The summed E-state index contributed by atoms with van der Waals surface area (Å²) in [6.07, 6.45) is 6.12. The number of carbonyl (C=O) groups is 1. The highest BCUT2D eigenvalue weighted by molar-refractivity contribution is 7.09. The molecule has 1 aromatic rings. The van der Waals surface area contributed by atoms with E-state index < -0.39 is 5.60 Å². The predicted molar refractivity (Wildman–Crippen MR) is 84.4 cm³/mol. The highest BCUT2D eigenvalue weighted by atomic mass is 32.1. The summed E-state index contributed by atoms with van der Waals surface area (Å²) in [7, 11) is 0. The average molecular weight is 311 g/mol. The Labute approximate surface area is 130 Å². The van der Waals surface area contributed by atoms with Crippen LogP contribution in [-0.2, 0) is 11.3 Å². The molecule has 0 atom stereocenters. The molecule has 0 aromatic carbocycles. The molecular weight excluding hydrogens is 286 g/mol. The predicted octanol–water partition coefficient (Wildman–Crippen LogP) is 3.07. The number of hydrogen-bond donors (Lipinski definition) is 2. The SMILES string of the molecule is CC(C)(C)OC(=O)NCC1(NCc2cncs2)CCCC1. The van der Waals surface area contributed by atoms with Crippen LogP contribution in [0.4, 0.5) is 4.79 Å². The van der Waals surface area contributed by atoms with Crippen molar-refractivity contribution in [2.45, 2.75) is 64.1 Å². The zero-order valence-electron chi connectivity index (χ0n) is 13.1. The molecule has 0 aliphatic heterocycles. The average Bonchev–Trinajstić information content (AvgIpc) is 3.05. The molecule has 0 bridgehead atoms. The molecule has 0 unspecified atom stereocenters. The first-order valence-electron chi connectivity index (χ1n) is 7.48. The van der Waals surface area contributed by atoms with Crippen molar-refractivity contribution in [3.05, 3.63) is 16.6 Å². The normalized spacial score (nSPS) is 17.7. The van der Waals surface area contributed by atoms with Crippen LogP contribution in [0.15, 0.2) is 11.7 Å². The summed E-state index contributed by atoms with van der Waals surface area (Å²) < 4.78 is 5.31. The van der Waals surface area contributed by atoms with E-state index in [4.69, 9.17) is 4.74 Å². The highest BCUT2D eigenvalue weighted by Gasteiger charge is 2.34. The number of amides is 1. The maximum atomic E-state index is 11.8. The van der Waals surface area contributed by atoms with E-state index in [2.05, 4.69) is 15.6 Å². The van der Waals surface area contributed by atoms with Crippen molar-refractivity contribution < 1.29 is 9.53 Å². The number of alkyl carbamates (subject to hydrolysis) is 1. The van der Waals surface area contributed by atoms with E-state index in [1.165, 1.54) is 17.7 Å². The minimum Gasteiger partial charge on any atom is -0.444 e. The minimum atomic E-state index is -0.455. The number of rotatable bonds is 5. The van der Waals surface area contributed by atoms with E-state index in [-0.39, 0.29) is 11.6 Å². The van der Waals surface area contributed by atoms with E-state index in [0.717, 1.165) is 19.4 Å². The van der Waals surface area contributed by atoms with E-state index in [1.54, 1.807) is 11.3 Å². The third-order valence-corrected chi connectivity index (χ3v) is 4.43. The summed E-state index contributed by atoms with van der Waals surface area (Å²) in [5.41, 5.74) is 1.38. The van der Waals surface area contributed by atoms with Gasteiger partial charge >= 0.3 is 6.09 Å². The van der Waals surface area contributed by atoms with Gasteiger partial charge in [0.1, 0.15) is 5.60 Å². The van der Waals surface area contributed by atoms with Gasteiger partial charge in [-0.3, -0.25) is 4.98 Å². The summed E-state index contributed by atoms with van der Waals surface area (Å²) in [6, 6.07) is 0. The zero-order chi connectivity index (χ0) is 15.3. The molecule has 1 aliphatic carbocycles.